The lowest BCUT2D eigenvalue weighted by Crippen LogP contribution is -2.34. The smallest absolute Gasteiger partial charge is 0.249 e. The maximum absolute atomic E-state index is 12.0. The number of para-hydroxylation sites is 2. The van der Waals surface area contributed by atoms with Crippen LogP contribution in [-0.4, -0.2) is 25.7 Å². The van der Waals surface area contributed by atoms with Crippen LogP contribution in [0.25, 0.3) is 0 Å². The van der Waals surface area contributed by atoms with Crippen molar-refractivity contribution in [2.45, 2.75) is 39.3 Å². The van der Waals surface area contributed by atoms with E-state index in [1.54, 1.807) is 14.0 Å². The zero-order valence-corrected chi connectivity index (χ0v) is 15.7. The van der Waals surface area contributed by atoms with Crippen molar-refractivity contribution >= 4 is 5.91 Å². The second-order valence-corrected chi connectivity index (χ2v) is 5.98. The third-order valence-corrected chi connectivity index (χ3v) is 3.92. The quantitative estimate of drug-likeness (QED) is 0.644. The van der Waals surface area contributed by atoms with E-state index in [1.165, 1.54) is 0 Å². The second kappa shape index (κ2) is 10.5. The maximum Gasteiger partial charge on any atom is 0.249 e. The maximum atomic E-state index is 12.0. The van der Waals surface area contributed by atoms with Crippen molar-refractivity contribution in [3.8, 4) is 17.2 Å². The van der Waals surface area contributed by atoms with E-state index in [0.29, 0.717) is 30.4 Å². The van der Waals surface area contributed by atoms with Crippen LogP contribution in [0.5, 0.6) is 17.2 Å². The first-order chi connectivity index (χ1) is 12.6. The lowest BCUT2D eigenvalue weighted by atomic mass is 10.2. The summed E-state index contributed by atoms with van der Waals surface area (Å²) in [5, 5.41) is 2.89. The van der Waals surface area contributed by atoms with Crippen molar-refractivity contribution in [2.75, 3.05) is 13.7 Å². The van der Waals surface area contributed by atoms with Crippen LogP contribution >= 0.6 is 0 Å². The van der Waals surface area contributed by atoms with E-state index < -0.39 is 6.10 Å². The van der Waals surface area contributed by atoms with E-state index in [2.05, 4.69) is 12.2 Å². The van der Waals surface area contributed by atoms with Crippen molar-refractivity contribution in [1.82, 2.24) is 5.32 Å². The second-order valence-electron chi connectivity index (χ2n) is 5.98. The summed E-state index contributed by atoms with van der Waals surface area (Å²) in [4.78, 5) is 12.0. The molecule has 0 radical (unpaired) electrons. The summed E-state index contributed by atoms with van der Waals surface area (Å²) in [5.41, 5.74) is 0.992. The minimum atomic E-state index is -0.435. The Bertz CT molecular complexity index is 685. The molecule has 0 saturated heterocycles. The molecule has 1 N–H and O–H groups in total. The number of unbranched alkanes of at least 4 members (excludes halogenated alkanes) is 1. The van der Waals surface area contributed by atoms with E-state index in [0.717, 1.165) is 18.4 Å². The standard InChI is InChI=1S/C21H27NO4/c1-4-5-14-25-16(2)21(23)22-15-17-10-12-18(13-11-17)26-20-9-7-6-8-19(20)24-3/h6-13,16H,4-5,14-15H2,1-3H3,(H,22,23). The van der Waals surface area contributed by atoms with Gasteiger partial charge in [-0.3, -0.25) is 4.79 Å². The van der Waals surface area contributed by atoms with Crippen LogP contribution in [0, 0.1) is 0 Å². The van der Waals surface area contributed by atoms with Crippen molar-refractivity contribution < 1.29 is 19.0 Å². The van der Waals surface area contributed by atoms with Gasteiger partial charge in [-0.05, 0) is 43.2 Å². The lowest BCUT2D eigenvalue weighted by molar-refractivity contribution is -0.131. The summed E-state index contributed by atoms with van der Waals surface area (Å²) in [5.74, 6) is 1.95. The largest absolute Gasteiger partial charge is 0.493 e. The molecule has 26 heavy (non-hydrogen) atoms. The van der Waals surface area contributed by atoms with E-state index in [-0.39, 0.29) is 5.91 Å². The van der Waals surface area contributed by atoms with Gasteiger partial charge in [-0.15, -0.1) is 0 Å². The Morgan fingerprint density at radius 3 is 2.42 bits per heavy atom. The Morgan fingerprint density at radius 1 is 1.08 bits per heavy atom. The van der Waals surface area contributed by atoms with E-state index in [9.17, 15) is 4.79 Å². The summed E-state index contributed by atoms with van der Waals surface area (Å²) in [6.45, 7) is 4.93. The van der Waals surface area contributed by atoms with Gasteiger partial charge < -0.3 is 19.5 Å². The Labute approximate surface area is 155 Å². The van der Waals surface area contributed by atoms with Crippen molar-refractivity contribution in [3.63, 3.8) is 0 Å². The number of ether oxygens (including phenoxy) is 3. The Balaban J connectivity index is 1.84. The molecule has 0 aliphatic carbocycles. The van der Waals surface area contributed by atoms with Gasteiger partial charge >= 0.3 is 0 Å². The summed E-state index contributed by atoms with van der Waals surface area (Å²) in [6, 6.07) is 15.1. The summed E-state index contributed by atoms with van der Waals surface area (Å²) >= 11 is 0. The number of amides is 1. The Hall–Kier alpha value is -2.53. The van der Waals surface area contributed by atoms with Gasteiger partial charge in [0.2, 0.25) is 5.91 Å². The minimum absolute atomic E-state index is 0.101. The number of rotatable bonds is 10. The van der Waals surface area contributed by atoms with Crippen molar-refractivity contribution in [2.24, 2.45) is 0 Å². The third kappa shape index (κ3) is 6.08. The molecule has 1 unspecified atom stereocenters. The molecule has 0 spiro atoms. The zero-order valence-electron chi connectivity index (χ0n) is 15.7. The van der Waals surface area contributed by atoms with E-state index in [1.807, 2.05) is 48.5 Å². The predicted molar refractivity (Wildman–Crippen MR) is 102 cm³/mol. The Morgan fingerprint density at radius 2 is 1.77 bits per heavy atom. The van der Waals surface area contributed by atoms with Gasteiger partial charge in [-0.25, -0.2) is 0 Å². The fourth-order valence-electron chi connectivity index (χ4n) is 2.32. The molecule has 0 aliphatic heterocycles. The molecule has 1 atom stereocenters. The molecule has 0 heterocycles. The van der Waals surface area contributed by atoms with E-state index >= 15 is 0 Å². The number of hydrogen-bond acceptors (Lipinski definition) is 4. The zero-order chi connectivity index (χ0) is 18.8. The van der Waals surface area contributed by atoms with Crippen LogP contribution in [0.4, 0.5) is 0 Å². The highest BCUT2D eigenvalue weighted by molar-refractivity contribution is 5.80. The topological polar surface area (TPSA) is 56.8 Å². The van der Waals surface area contributed by atoms with Gasteiger partial charge in [0, 0.05) is 13.2 Å². The highest BCUT2D eigenvalue weighted by Gasteiger charge is 2.12. The minimum Gasteiger partial charge on any atom is -0.493 e. The predicted octanol–water partition coefficient (Wildman–Crippen LogP) is 4.31. The third-order valence-electron chi connectivity index (χ3n) is 3.92. The van der Waals surface area contributed by atoms with Crippen LogP contribution < -0.4 is 14.8 Å². The molecule has 0 saturated carbocycles. The highest BCUT2D eigenvalue weighted by atomic mass is 16.5. The van der Waals surface area contributed by atoms with E-state index in [4.69, 9.17) is 14.2 Å². The van der Waals surface area contributed by atoms with Gasteiger partial charge in [0.15, 0.2) is 11.5 Å². The first kappa shape index (κ1) is 19.8. The fraction of sp³-hybridized carbons (Fsp3) is 0.381. The molecular weight excluding hydrogens is 330 g/mol. The highest BCUT2D eigenvalue weighted by Crippen LogP contribution is 2.30. The van der Waals surface area contributed by atoms with Crippen LogP contribution in [0.1, 0.15) is 32.3 Å². The monoisotopic (exact) mass is 357 g/mol. The molecule has 2 aromatic rings. The molecule has 1 amide bonds. The average molecular weight is 357 g/mol. The van der Waals surface area contributed by atoms with Crippen LogP contribution in [0.2, 0.25) is 0 Å². The van der Waals surface area contributed by atoms with Gasteiger partial charge in [0.1, 0.15) is 11.9 Å². The number of hydrogen-bond donors (Lipinski definition) is 1. The number of methoxy groups -OCH3 is 1. The Kier molecular flexibility index (Phi) is 7.96. The van der Waals surface area contributed by atoms with Crippen molar-refractivity contribution in [3.05, 3.63) is 54.1 Å². The van der Waals surface area contributed by atoms with Gasteiger partial charge in [-0.2, -0.15) is 0 Å². The van der Waals surface area contributed by atoms with Crippen LogP contribution in [-0.2, 0) is 16.1 Å². The average Bonchev–Trinajstić information content (AvgIpc) is 2.67. The number of carbonyl (C=O) groups excluding carboxylic acids is 1. The number of carbonyl (C=O) groups is 1. The van der Waals surface area contributed by atoms with Gasteiger partial charge in [0.05, 0.1) is 7.11 Å². The van der Waals surface area contributed by atoms with Gasteiger partial charge in [-0.1, -0.05) is 37.6 Å². The lowest BCUT2D eigenvalue weighted by Gasteiger charge is -2.13. The molecule has 0 aliphatic rings. The number of nitrogens with one attached hydrogen (secondary N) is 1. The molecule has 5 heteroatoms. The molecular formula is C21H27NO4. The SMILES string of the molecule is CCCCOC(C)C(=O)NCc1ccc(Oc2ccccc2OC)cc1. The van der Waals surface area contributed by atoms with Crippen LogP contribution in [0.15, 0.2) is 48.5 Å². The first-order valence-corrected chi connectivity index (χ1v) is 8.93. The molecule has 0 aromatic heterocycles. The molecule has 0 bridgehead atoms. The molecule has 2 rings (SSSR count). The molecule has 2 aromatic carbocycles. The molecule has 0 fully saturated rings. The first-order valence-electron chi connectivity index (χ1n) is 8.93. The summed E-state index contributed by atoms with van der Waals surface area (Å²) in [6.07, 6.45) is 1.58. The summed E-state index contributed by atoms with van der Waals surface area (Å²) < 4.78 is 16.6. The van der Waals surface area contributed by atoms with Gasteiger partial charge in [0.25, 0.3) is 0 Å². The normalized spacial score (nSPS) is 11.7. The number of benzene rings is 2. The summed E-state index contributed by atoms with van der Waals surface area (Å²) in [7, 11) is 1.61. The fourth-order valence-corrected chi connectivity index (χ4v) is 2.32. The van der Waals surface area contributed by atoms with Crippen LogP contribution in [0.3, 0.4) is 0 Å². The van der Waals surface area contributed by atoms with Crippen molar-refractivity contribution in [1.29, 1.82) is 0 Å². The molecule has 5 nitrogen and oxygen atoms in total. The molecule has 140 valence electrons.